The largest absolute Gasteiger partial charge is 0.469 e. The van der Waals surface area contributed by atoms with Gasteiger partial charge in [-0.2, -0.15) is 5.26 Å². The van der Waals surface area contributed by atoms with Crippen LogP contribution in [0.15, 0.2) is 30.3 Å². The SMILES string of the molecule is COC(=O)[C@H]1CCCC=C1c1ccc(C#N)cc1. The van der Waals surface area contributed by atoms with Crippen molar-refractivity contribution in [3.63, 3.8) is 0 Å². The molecule has 1 aliphatic carbocycles. The van der Waals surface area contributed by atoms with Crippen LogP contribution in [-0.4, -0.2) is 13.1 Å². The van der Waals surface area contributed by atoms with Crippen molar-refractivity contribution in [2.45, 2.75) is 19.3 Å². The molecular formula is C15H15NO2. The second kappa shape index (κ2) is 5.50. The maximum absolute atomic E-state index is 11.8. The highest BCUT2D eigenvalue weighted by atomic mass is 16.5. The van der Waals surface area contributed by atoms with Crippen LogP contribution in [0, 0.1) is 17.2 Å². The fourth-order valence-corrected chi connectivity index (χ4v) is 2.32. The fourth-order valence-electron chi connectivity index (χ4n) is 2.32. The first kappa shape index (κ1) is 12.4. The Kier molecular flexibility index (Phi) is 3.78. The van der Waals surface area contributed by atoms with Crippen LogP contribution in [0.5, 0.6) is 0 Å². The zero-order valence-electron chi connectivity index (χ0n) is 10.3. The number of esters is 1. The van der Waals surface area contributed by atoms with Crippen molar-refractivity contribution in [2.75, 3.05) is 7.11 Å². The quantitative estimate of drug-likeness (QED) is 0.748. The zero-order valence-corrected chi connectivity index (χ0v) is 10.3. The number of nitrogens with zero attached hydrogens (tertiary/aromatic N) is 1. The first-order valence-corrected chi connectivity index (χ1v) is 6.04. The van der Waals surface area contributed by atoms with Gasteiger partial charge in [-0.05, 0) is 42.5 Å². The Balaban J connectivity index is 2.31. The monoisotopic (exact) mass is 241 g/mol. The summed E-state index contributed by atoms with van der Waals surface area (Å²) >= 11 is 0. The van der Waals surface area contributed by atoms with Crippen LogP contribution < -0.4 is 0 Å². The average molecular weight is 241 g/mol. The van der Waals surface area contributed by atoms with Crippen LogP contribution in [-0.2, 0) is 9.53 Å². The minimum atomic E-state index is -0.176. The summed E-state index contributed by atoms with van der Waals surface area (Å²) in [4.78, 5) is 11.8. The Morgan fingerprint density at radius 2 is 2.11 bits per heavy atom. The zero-order chi connectivity index (χ0) is 13.0. The first-order chi connectivity index (χ1) is 8.76. The number of carbonyl (C=O) groups excluding carboxylic acids is 1. The molecule has 0 saturated heterocycles. The van der Waals surface area contributed by atoms with Crippen molar-refractivity contribution in [3.8, 4) is 6.07 Å². The van der Waals surface area contributed by atoms with E-state index < -0.39 is 0 Å². The number of nitriles is 1. The van der Waals surface area contributed by atoms with Crippen molar-refractivity contribution in [2.24, 2.45) is 5.92 Å². The van der Waals surface area contributed by atoms with E-state index in [9.17, 15) is 4.79 Å². The van der Waals surface area contributed by atoms with Crippen molar-refractivity contribution in [1.82, 2.24) is 0 Å². The second-order valence-corrected chi connectivity index (χ2v) is 4.36. The molecule has 0 heterocycles. The van der Waals surface area contributed by atoms with E-state index in [-0.39, 0.29) is 11.9 Å². The smallest absolute Gasteiger partial charge is 0.313 e. The molecule has 0 unspecified atom stereocenters. The van der Waals surface area contributed by atoms with E-state index in [0.717, 1.165) is 30.4 Å². The number of methoxy groups -OCH3 is 1. The highest BCUT2D eigenvalue weighted by Gasteiger charge is 2.26. The summed E-state index contributed by atoms with van der Waals surface area (Å²) in [6, 6.07) is 9.43. The van der Waals surface area contributed by atoms with Crippen molar-refractivity contribution in [1.29, 1.82) is 5.26 Å². The number of carbonyl (C=O) groups is 1. The minimum absolute atomic E-state index is 0.170. The first-order valence-electron chi connectivity index (χ1n) is 6.04. The van der Waals surface area contributed by atoms with E-state index in [1.54, 1.807) is 12.1 Å². The van der Waals surface area contributed by atoms with Crippen LogP contribution in [0.4, 0.5) is 0 Å². The lowest BCUT2D eigenvalue weighted by Gasteiger charge is -2.22. The maximum Gasteiger partial charge on any atom is 0.313 e. The normalized spacial score (nSPS) is 18.7. The molecule has 0 spiro atoms. The summed E-state index contributed by atoms with van der Waals surface area (Å²) in [6.45, 7) is 0. The molecule has 0 amide bonds. The van der Waals surface area contributed by atoms with Crippen molar-refractivity contribution < 1.29 is 9.53 Å². The third kappa shape index (κ3) is 2.43. The molecule has 0 bridgehead atoms. The van der Waals surface area contributed by atoms with E-state index in [2.05, 4.69) is 12.1 Å². The molecule has 0 aromatic heterocycles. The van der Waals surface area contributed by atoms with Gasteiger partial charge >= 0.3 is 5.97 Å². The Morgan fingerprint density at radius 1 is 1.39 bits per heavy atom. The fraction of sp³-hybridized carbons (Fsp3) is 0.333. The molecule has 0 saturated carbocycles. The summed E-state index contributed by atoms with van der Waals surface area (Å²) in [5, 5.41) is 8.78. The maximum atomic E-state index is 11.8. The standard InChI is InChI=1S/C15H15NO2/c1-18-15(17)14-5-3-2-4-13(14)12-8-6-11(10-16)7-9-12/h4,6-9,14H,2-3,5H2,1H3/t14-/m0/s1. The van der Waals surface area contributed by atoms with Crippen LogP contribution in [0.2, 0.25) is 0 Å². The van der Waals surface area contributed by atoms with Gasteiger partial charge in [-0.25, -0.2) is 0 Å². The van der Waals surface area contributed by atoms with Gasteiger partial charge < -0.3 is 4.74 Å². The van der Waals surface area contributed by atoms with Crippen LogP contribution >= 0.6 is 0 Å². The van der Waals surface area contributed by atoms with Crippen molar-refractivity contribution in [3.05, 3.63) is 41.5 Å². The highest BCUT2D eigenvalue weighted by molar-refractivity contribution is 5.89. The Hall–Kier alpha value is -2.08. The second-order valence-electron chi connectivity index (χ2n) is 4.36. The molecule has 1 aliphatic rings. The van der Waals surface area contributed by atoms with Gasteiger partial charge in [-0.1, -0.05) is 18.2 Å². The number of benzene rings is 1. The van der Waals surface area contributed by atoms with E-state index >= 15 is 0 Å². The summed E-state index contributed by atoms with van der Waals surface area (Å²) in [5.41, 5.74) is 2.66. The number of ether oxygens (including phenoxy) is 1. The third-order valence-corrected chi connectivity index (χ3v) is 3.27. The molecule has 0 radical (unpaired) electrons. The molecule has 1 aromatic rings. The van der Waals surface area contributed by atoms with Gasteiger partial charge in [0.15, 0.2) is 0 Å². The van der Waals surface area contributed by atoms with Gasteiger partial charge in [0.2, 0.25) is 0 Å². The van der Waals surface area contributed by atoms with Gasteiger partial charge in [0, 0.05) is 0 Å². The molecule has 3 heteroatoms. The minimum Gasteiger partial charge on any atom is -0.469 e. The molecule has 1 aromatic carbocycles. The van der Waals surface area contributed by atoms with E-state index in [1.165, 1.54) is 7.11 Å². The molecule has 18 heavy (non-hydrogen) atoms. The summed E-state index contributed by atoms with van der Waals surface area (Å²) in [7, 11) is 1.42. The summed E-state index contributed by atoms with van der Waals surface area (Å²) < 4.78 is 4.85. The van der Waals surface area contributed by atoms with Gasteiger partial charge in [0.1, 0.15) is 0 Å². The van der Waals surface area contributed by atoms with Gasteiger partial charge in [-0.15, -0.1) is 0 Å². The Bertz CT molecular complexity index is 508. The van der Waals surface area contributed by atoms with E-state index in [4.69, 9.17) is 10.00 Å². The molecule has 0 N–H and O–H groups in total. The lowest BCUT2D eigenvalue weighted by Crippen LogP contribution is -2.20. The van der Waals surface area contributed by atoms with E-state index in [1.807, 2.05) is 12.1 Å². The predicted molar refractivity (Wildman–Crippen MR) is 68.5 cm³/mol. The lowest BCUT2D eigenvalue weighted by molar-refractivity contribution is -0.143. The molecule has 0 aliphatic heterocycles. The van der Waals surface area contributed by atoms with Crippen LogP contribution in [0.3, 0.4) is 0 Å². The van der Waals surface area contributed by atoms with E-state index in [0.29, 0.717) is 5.56 Å². The Labute approximate surface area is 107 Å². The van der Waals surface area contributed by atoms with Crippen LogP contribution in [0.1, 0.15) is 30.4 Å². The third-order valence-electron chi connectivity index (χ3n) is 3.27. The highest BCUT2D eigenvalue weighted by Crippen LogP contribution is 2.33. The molecule has 1 atom stereocenters. The number of rotatable bonds is 2. The summed E-state index contributed by atoms with van der Waals surface area (Å²) in [6.07, 6.45) is 4.94. The molecule has 92 valence electrons. The average Bonchev–Trinajstić information content (AvgIpc) is 2.46. The van der Waals surface area contributed by atoms with Crippen molar-refractivity contribution >= 4 is 11.5 Å². The molecule has 3 nitrogen and oxygen atoms in total. The predicted octanol–water partition coefficient (Wildman–Crippen LogP) is 2.91. The lowest BCUT2D eigenvalue weighted by atomic mass is 9.83. The Morgan fingerprint density at radius 3 is 2.72 bits per heavy atom. The van der Waals surface area contributed by atoms with Gasteiger partial charge in [0.05, 0.1) is 24.7 Å². The molecule has 2 rings (SSSR count). The topological polar surface area (TPSA) is 50.1 Å². The number of hydrogen-bond donors (Lipinski definition) is 0. The van der Waals surface area contributed by atoms with Gasteiger partial charge in [-0.3, -0.25) is 4.79 Å². The summed E-state index contributed by atoms with van der Waals surface area (Å²) in [5.74, 6) is -0.345. The molecule has 0 fully saturated rings. The molecular weight excluding hydrogens is 226 g/mol. The number of hydrogen-bond acceptors (Lipinski definition) is 3. The van der Waals surface area contributed by atoms with Gasteiger partial charge in [0.25, 0.3) is 0 Å². The number of allylic oxidation sites excluding steroid dienone is 1. The van der Waals surface area contributed by atoms with Crippen LogP contribution in [0.25, 0.3) is 5.57 Å².